The molecule has 74 valence electrons. The van der Waals surface area contributed by atoms with Crippen molar-refractivity contribution >= 4 is 5.97 Å². The fraction of sp³-hybridized carbons (Fsp3) is 0.900. The molecule has 2 fully saturated rings. The number of carboxylic acids is 1. The fourth-order valence-corrected chi connectivity index (χ4v) is 2.34. The second-order valence-corrected chi connectivity index (χ2v) is 4.57. The number of hydrogen-bond donors (Lipinski definition) is 2. The van der Waals surface area contributed by atoms with Crippen molar-refractivity contribution in [3.8, 4) is 0 Å². The van der Waals surface area contributed by atoms with Crippen molar-refractivity contribution < 1.29 is 9.90 Å². The molecule has 2 saturated carbocycles. The van der Waals surface area contributed by atoms with Crippen molar-refractivity contribution in [2.45, 2.75) is 44.7 Å². The molecule has 13 heavy (non-hydrogen) atoms. The topological polar surface area (TPSA) is 49.3 Å². The SMILES string of the molecule is CC1CC(NC2CCC2C(=O)O)C1. The van der Waals surface area contributed by atoms with Crippen LogP contribution in [0.4, 0.5) is 0 Å². The minimum absolute atomic E-state index is 0.115. The van der Waals surface area contributed by atoms with Gasteiger partial charge in [-0.15, -0.1) is 0 Å². The standard InChI is InChI=1S/C10H17NO2/c1-6-4-7(5-6)11-9-3-2-8(9)10(12)13/h6-9,11H,2-5H2,1H3,(H,12,13). The van der Waals surface area contributed by atoms with Gasteiger partial charge in [-0.25, -0.2) is 0 Å². The summed E-state index contributed by atoms with van der Waals surface area (Å²) in [5.74, 6) is 0.0906. The molecule has 2 atom stereocenters. The molecule has 0 aromatic heterocycles. The average Bonchev–Trinajstić information content (AvgIpc) is 1.91. The highest BCUT2D eigenvalue weighted by atomic mass is 16.4. The van der Waals surface area contributed by atoms with Crippen molar-refractivity contribution in [1.29, 1.82) is 0 Å². The van der Waals surface area contributed by atoms with Crippen LogP contribution in [0.1, 0.15) is 32.6 Å². The van der Waals surface area contributed by atoms with Crippen LogP contribution >= 0.6 is 0 Å². The van der Waals surface area contributed by atoms with Crippen LogP contribution in [0.25, 0.3) is 0 Å². The molecule has 0 aliphatic heterocycles. The average molecular weight is 183 g/mol. The molecule has 2 rings (SSSR count). The Morgan fingerprint density at radius 3 is 2.46 bits per heavy atom. The zero-order valence-corrected chi connectivity index (χ0v) is 7.99. The Morgan fingerprint density at radius 2 is 2.08 bits per heavy atom. The third-order valence-corrected chi connectivity index (χ3v) is 3.42. The third-order valence-electron chi connectivity index (χ3n) is 3.42. The first-order chi connectivity index (χ1) is 6.16. The number of carboxylic acid groups (broad SMARTS) is 1. The molecule has 0 radical (unpaired) electrons. The first kappa shape index (κ1) is 9.00. The Balaban J connectivity index is 1.73. The van der Waals surface area contributed by atoms with Crippen LogP contribution < -0.4 is 5.32 Å². The summed E-state index contributed by atoms with van der Waals surface area (Å²) in [5.41, 5.74) is 0. The molecule has 2 aliphatic rings. The van der Waals surface area contributed by atoms with E-state index in [0.29, 0.717) is 6.04 Å². The number of nitrogens with one attached hydrogen (secondary N) is 1. The fourth-order valence-electron chi connectivity index (χ4n) is 2.34. The highest BCUT2D eigenvalue weighted by molar-refractivity contribution is 5.72. The molecular formula is C10H17NO2. The van der Waals surface area contributed by atoms with Crippen LogP contribution in [0.5, 0.6) is 0 Å². The van der Waals surface area contributed by atoms with Gasteiger partial charge in [-0.3, -0.25) is 4.79 Å². The summed E-state index contributed by atoms with van der Waals surface area (Å²) in [6, 6.07) is 0.858. The highest BCUT2D eigenvalue weighted by Gasteiger charge is 2.39. The zero-order chi connectivity index (χ0) is 9.42. The van der Waals surface area contributed by atoms with Gasteiger partial charge in [0, 0.05) is 12.1 Å². The van der Waals surface area contributed by atoms with E-state index in [-0.39, 0.29) is 12.0 Å². The van der Waals surface area contributed by atoms with Crippen LogP contribution in [0.3, 0.4) is 0 Å². The van der Waals surface area contributed by atoms with Crippen LogP contribution in [0, 0.1) is 11.8 Å². The van der Waals surface area contributed by atoms with Gasteiger partial charge in [0.2, 0.25) is 0 Å². The lowest BCUT2D eigenvalue weighted by molar-refractivity contribution is -0.146. The van der Waals surface area contributed by atoms with Gasteiger partial charge in [0.15, 0.2) is 0 Å². The molecule has 0 bridgehead atoms. The molecule has 0 spiro atoms. The van der Waals surface area contributed by atoms with Gasteiger partial charge < -0.3 is 10.4 Å². The van der Waals surface area contributed by atoms with Crippen molar-refractivity contribution in [3.63, 3.8) is 0 Å². The lowest BCUT2D eigenvalue weighted by Gasteiger charge is -2.42. The van der Waals surface area contributed by atoms with Gasteiger partial charge in [0.1, 0.15) is 0 Å². The predicted octanol–water partition coefficient (Wildman–Crippen LogP) is 1.24. The van der Waals surface area contributed by atoms with Gasteiger partial charge in [0.05, 0.1) is 5.92 Å². The Kier molecular flexibility index (Phi) is 2.28. The van der Waals surface area contributed by atoms with Crippen LogP contribution in [0.2, 0.25) is 0 Å². The smallest absolute Gasteiger partial charge is 0.308 e. The minimum atomic E-state index is -0.629. The zero-order valence-electron chi connectivity index (χ0n) is 7.99. The van der Waals surface area contributed by atoms with Crippen LogP contribution in [-0.4, -0.2) is 23.2 Å². The molecule has 3 heteroatoms. The molecule has 0 saturated heterocycles. The maximum atomic E-state index is 10.7. The van der Waals surface area contributed by atoms with E-state index in [1.807, 2.05) is 0 Å². The van der Waals surface area contributed by atoms with E-state index < -0.39 is 5.97 Å². The van der Waals surface area contributed by atoms with Gasteiger partial charge in [-0.05, 0) is 31.6 Å². The van der Waals surface area contributed by atoms with Crippen LogP contribution in [-0.2, 0) is 4.79 Å². The van der Waals surface area contributed by atoms with Crippen molar-refractivity contribution in [2.75, 3.05) is 0 Å². The lowest BCUT2D eigenvalue weighted by Crippen LogP contribution is -2.54. The maximum absolute atomic E-state index is 10.7. The van der Waals surface area contributed by atoms with Crippen molar-refractivity contribution in [1.82, 2.24) is 5.32 Å². The first-order valence-corrected chi connectivity index (χ1v) is 5.15. The number of rotatable bonds is 3. The quantitative estimate of drug-likeness (QED) is 0.692. The summed E-state index contributed by atoms with van der Waals surface area (Å²) >= 11 is 0. The molecule has 0 amide bonds. The van der Waals surface area contributed by atoms with Crippen molar-refractivity contribution in [3.05, 3.63) is 0 Å². The largest absolute Gasteiger partial charge is 0.481 e. The third kappa shape index (κ3) is 1.70. The molecule has 0 aromatic carbocycles. The summed E-state index contributed by atoms with van der Waals surface area (Å²) < 4.78 is 0. The van der Waals surface area contributed by atoms with E-state index in [2.05, 4.69) is 12.2 Å². The van der Waals surface area contributed by atoms with E-state index >= 15 is 0 Å². The maximum Gasteiger partial charge on any atom is 0.308 e. The van der Waals surface area contributed by atoms with E-state index in [1.165, 1.54) is 12.8 Å². The van der Waals surface area contributed by atoms with Gasteiger partial charge in [0.25, 0.3) is 0 Å². The molecule has 3 nitrogen and oxygen atoms in total. The highest BCUT2D eigenvalue weighted by Crippen LogP contribution is 2.32. The molecular weight excluding hydrogens is 166 g/mol. The van der Waals surface area contributed by atoms with Gasteiger partial charge in [-0.2, -0.15) is 0 Å². The minimum Gasteiger partial charge on any atom is -0.481 e. The summed E-state index contributed by atoms with van der Waals surface area (Å²) in [5, 5.41) is 12.3. The summed E-state index contributed by atoms with van der Waals surface area (Å²) in [4.78, 5) is 10.7. The van der Waals surface area contributed by atoms with E-state index in [9.17, 15) is 4.79 Å². The number of aliphatic carboxylic acids is 1. The van der Waals surface area contributed by atoms with E-state index in [1.54, 1.807) is 0 Å². The Labute approximate surface area is 78.5 Å². The summed E-state index contributed by atoms with van der Waals surface area (Å²) in [6.45, 7) is 2.24. The molecule has 0 aromatic rings. The predicted molar refractivity (Wildman–Crippen MR) is 49.5 cm³/mol. The molecule has 0 heterocycles. The second-order valence-electron chi connectivity index (χ2n) is 4.57. The molecule has 2 unspecified atom stereocenters. The van der Waals surface area contributed by atoms with Crippen LogP contribution in [0.15, 0.2) is 0 Å². The normalized spacial score (nSPS) is 43.5. The molecule has 2 N–H and O–H groups in total. The van der Waals surface area contributed by atoms with Crippen molar-refractivity contribution in [2.24, 2.45) is 11.8 Å². The first-order valence-electron chi connectivity index (χ1n) is 5.15. The van der Waals surface area contributed by atoms with E-state index in [4.69, 9.17) is 5.11 Å². The second kappa shape index (κ2) is 3.29. The number of hydrogen-bond acceptors (Lipinski definition) is 2. The van der Waals surface area contributed by atoms with Gasteiger partial charge in [-0.1, -0.05) is 6.92 Å². The van der Waals surface area contributed by atoms with Gasteiger partial charge >= 0.3 is 5.97 Å². The Hall–Kier alpha value is -0.570. The Morgan fingerprint density at radius 1 is 1.38 bits per heavy atom. The lowest BCUT2D eigenvalue weighted by atomic mass is 9.76. The number of carbonyl (C=O) groups is 1. The monoisotopic (exact) mass is 183 g/mol. The molecule has 2 aliphatic carbocycles. The Bertz CT molecular complexity index is 211. The van der Waals surface area contributed by atoms with E-state index in [0.717, 1.165) is 18.8 Å². The summed E-state index contributed by atoms with van der Waals surface area (Å²) in [7, 11) is 0. The summed E-state index contributed by atoms with van der Waals surface area (Å²) in [6.07, 6.45) is 4.35.